The van der Waals surface area contributed by atoms with Crippen LogP contribution in [0.4, 0.5) is 0 Å². The molecule has 0 unspecified atom stereocenters. The number of nitrogens with one attached hydrogen (secondary N) is 1. The second kappa shape index (κ2) is 8.11. The number of carboxylic acids is 1. The Kier molecular flexibility index (Phi) is 6.80. The van der Waals surface area contributed by atoms with Crippen molar-refractivity contribution in [2.75, 3.05) is 19.8 Å². The number of hydrogen-bond donors (Lipinski definition) is 2. The minimum Gasteiger partial charge on any atom is -0.478 e. The molecule has 0 saturated carbocycles. The van der Waals surface area contributed by atoms with Gasteiger partial charge in [0.2, 0.25) is 10.0 Å². The number of benzene rings is 1. The molecule has 1 rings (SSSR count). The fourth-order valence-electron chi connectivity index (χ4n) is 1.84. The lowest BCUT2D eigenvalue weighted by Gasteiger charge is -2.11. The van der Waals surface area contributed by atoms with E-state index in [9.17, 15) is 13.2 Å². The monoisotopic (exact) mass is 315 g/mol. The third-order valence-corrected chi connectivity index (χ3v) is 4.52. The van der Waals surface area contributed by atoms with Crippen molar-refractivity contribution >= 4 is 16.0 Å². The maximum atomic E-state index is 12.2. The van der Waals surface area contributed by atoms with Gasteiger partial charge in [-0.3, -0.25) is 0 Å². The lowest BCUT2D eigenvalue weighted by Crippen LogP contribution is -2.26. The third kappa shape index (κ3) is 5.11. The predicted molar refractivity (Wildman–Crippen MR) is 79.1 cm³/mol. The minimum absolute atomic E-state index is 0.00289. The second-order valence-corrected chi connectivity index (χ2v) is 6.33. The van der Waals surface area contributed by atoms with Crippen LogP contribution in [0.5, 0.6) is 0 Å². The van der Waals surface area contributed by atoms with Crippen molar-refractivity contribution in [1.29, 1.82) is 0 Å². The molecule has 0 amide bonds. The topological polar surface area (TPSA) is 92.7 Å². The van der Waals surface area contributed by atoms with E-state index < -0.39 is 16.0 Å². The zero-order valence-corrected chi connectivity index (χ0v) is 13.1. The lowest BCUT2D eigenvalue weighted by atomic mass is 10.1. The number of carbonyl (C=O) groups is 1. The first kappa shape index (κ1) is 17.6. The van der Waals surface area contributed by atoms with Crippen LogP contribution in [0, 0.1) is 6.92 Å². The van der Waals surface area contributed by atoms with Gasteiger partial charge in [0.25, 0.3) is 0 Å². The van der Waals surface area contributed by atoms with Gasteiger partial charge in [-0.1, -0.05) is 13.0 Å². The summed E-state index contributed by atoms with van der Waals surface area (Å²) in [6.45, 7) is 4.89. The molecule has 1 aromatic carbocycles. The van der Waals surface area contributed by atoms with Gasteiger partial charge in [-0.15, -0.1) is 0 Å². The van der Waals surface area contributed by atoms with Gasteiger partial charge in [0, 0.05) is 19.8 Å². The molecule has 7 heteroatoms. The Balaban J connectivity index is 2.71. The Labute approximate surface area is 125 Å². The van der Waals surface area contributed by atoms with Gasteiger partial charge in [0.15, 0.2) is 0 Å². The van der Waals surface area contributed by atoms with Crippen LogP contribution >= 0.6 is 0 Å². The summed E-state index contributed by atoms with van der Waals surface area (Å²) >= 11 is 0. The first-order chi connectivity index (χ1) is 9.90. The van der Waals surface area contributed by atoms with Crippen LogP contribution < -0.4 is 4.72 Å². The average molecular weight is 315 g/mol. The Morgan fingerprint density at radius 1 is 1.33 bits per heavy atom. The van der Waals surface area contributed by atoms with Crippen LogP contribution in [0.1, 0.15) is 35.7 Å². The number of ether oxygens (including phenoxy) is 1. The summed E-state index contributed by atoms with van der Waals surface area (Å²) in [5.74, 6) is -1.14. The van der Waals surface area contributed by atoms with Gasteiger partial charge in [0.1, 0.15) is 0 Å². The highest BCUT2D eigenvalue weighted by Gasteiger charge is 2.19. The highest BCUT2D eigenvalue weighted by atomic mass is 32.2. The molecular formula is C14H21NO5S. The van der Waals surface area contributed by atoms with Crippen LogP contribution in [0.2, 0.25) is 0 Å². The highest BCUT2D eigenvalue weighted by Crippen LogP contribution is 2.18. The van der Waals surface area contributed by atoms with Crippen molar-refractivity contribution in [2.45, 2.75) is 31.6 Å². The van der Waals surface area contributed by atoms with Crippen LogP contribution in [0.3, 0.4) is 0 Å². The number of rotatable bonds is 9. The molecule has 0 heterocycles. The zero-order chi connectivity index (χ0) is 15.9. The fourth-order valence-corrected chi connectivity index (χ4v) is 3.18. The molecule has 2 N–H and O–H groups in total. The molecule has 0 radical (unpaired) electrons. The van der Waals surface area contributed by atoms with E-state index >= 15 is 0 Å². The molecule has 0 aliphatic rings. The number of sulfonamides is 1. The van der Waals surface area contributed by atoms with E-state index in [0.717, 1.165) is 6.42 Å². The largest absolute Gasteiger partial charge is 0.478 e. The minimum atomic E-state index is -3.71. The highest BCUT2D eigenvalue weighted by molar-refractivity contribution is 7.89. The van der Waals surface area contributed by atoms with Gasteiger partial charge in [-0.2, -0.15) is 0 Å². The van der Waals surface area contributed by atoms with E-state index in [2.05, 4.69) is 4.72 Å². The molecule has 0 aliphatic carbocycles. The summed E-state index contributed by atoms with van der Waals surface area (Å²) in [5, 5.41) is 9.02. The smallest absolute Gasteiger partial charge is 0.335 e. The van der Waals surface area contributed by atoms with Crippen molar-refractivity contribution in [2.24, 2.45) is 0 Å². The van der Waals surface area contributed by atoms with E-state index in [1.807, 2.05) is 6.92 Å². The molecule has 0 saturated heterocycles. The molecular weight excluding hydrogens is 294 g/mol. The predicted octanol–water partition coefficient (Wildman–Crippen LogP) is 1.79. The lowest BCUT2D eigenvalue weighted by molar-refractivity contribution is 0.0696. The Morgan fingerprint density at radius 3 is 2.67 bits per heavy atom. The number of aromatic carboxylic acids is 1. The first-order valence-electron chi connectivity index (χ1n) is 6.80. The van der Waals surface area contributed by atoms with E-state index in [0.29, 0.717) is 19.6 Å². The number of hydrogen-bond acceptors (Lipinski definition) is 4. The average Bonchev–Trinajstić information content (AvgIpc) is 2.42. The summed E-state index contributed by atoms with van der Waals surface area (Å²) in [7, 11) is -3.71. The van der Waals surface area contributed by atoms with Crippen LogP contribution in [-0.2, 0) is 14.8 Å². The van der Waals surface area contributed by atoms with E-state index in [1.54, 1.807) is 0 Å². The van der Waals surface area contributed by atoms with Gasteiger partial charge >= 0.3 is 5.97 Å². The van der Waals surface area contributed by atoms with Gasteiger partial charge in [-0.05, 0) is 37.5 Å². The SMILES string of the molecule is CCCOCCCNS(=O)(=O)c1cccc(C(=O)O)c1C. The molecule has 0 bridgehead atoms. The normalized spacial score (nSPS) is 11.5. The van der Waals surface area contributed by atoms with E-state index in [1.165, 1.54) is 25.1 Å². The van der Waals surface area contributed by atoms with Crippen molar-refractivity contribution < 1.29 is 23.1 Å². The molecule has 21 heavy (non-hydrogen) atoms. The summed E-state index contributed by atoms with van der Waals surface area (Å²) < 4.78 is 32.1. The zero-order valence-electron chi connectivity index (χ0n) is 12.3. The first-order valence-corrected chi connectivity index (χ1v) is 8.28. The Bertz CT molecular complexity index is 583. The molecule has 1 aromatic rings. The standard InChI is InChI=1S/C14H21NO5S/c1-3-9-20-10-5-8-15-21(18,19)13-7-4-6-12(11(13)2)14(16)17/h4,6-7,15H,3,5,8-10H2,1-2H3,(H,16,17). The van der Waals surface area contributed by atoms with Crippen molar-refractivity contribution in [3.63, 3.8) is 0 Å². The third-order valence-electron chi connectivity index (χ3n) is 2.91. The molecule has 0 aromatic heterocycles. The summed E-state index contributed by atoms with van der Waals surface area (Å²) in [5.41, 5.74) is 0.226. The van der Waals surface area contributed by atoms with Crippen LogP contribution in [-0.4, -0.2) is 39.3 Å². The van der Waals surface area contributed by atoms with E-state index in [-0.39, 0.29) is 22.6 Å². The Hall–Kier alpha value is -1.44. The molecule has 0 atom stereocenters. The van der Waals surface area contributed by atoms with Gasteiger partial charge in [0.05, 0.1) is 10.5 Å². The fraction of sp³-hybridized carbons (Fsp3) is 0.500. The molecule has 0 fully saturated rings. The van der Waals surface area contributed by atoms with Gasteiger partial charge < -0.3 is 9.84 Å². The van der Waals surface area contributed by atoms with Crippen molar-refractivity contribution in [1.82, 2.24) is 4.72 Å². The summed E-state index contributed by atoms with van der Waals surface area (Å²) in [4.78, 5) is 11.0. The van der Waals surface area contributed by atoms with Crippen molar-refractivity contribution in [3.8, 4) is 0 Å². The summed E-state index contributed by atoms with van der Waals surface area (Å²) in [6.07, 6.45) is 1.49. The van der Waals surface area contributed by atoms with E-state index in [4.69, 9.17) is 9.84 Å². The molecule has 0 spiro atoms. The quantitative estimate of drug-likeness (QED) is 0.678. The Morgan fingerprint density at radius 2 is 2.05 bits per heavy atom. The maximum absolute atomic E-state index is 12.2. The molecule has 0 aliphatic heterocycles. The summed E-state index contributed by atoms with van der Waals surface area (Å²) in [6, 6.07) is 4.21. The van der Waals surface area contributed by atoms with Crippen LogP contribution in [0.15, 0.2) is 23.1 Å². The maximum Gasteiger partial charge on any atom is 0.335 e. The van der Waals surface area contributed by atoms with Gasteiger partial charge in [-0.25, -0.2) is 17.9 Å². The molecule has 118 valence electrons. The number of carboxylic acid groups (broad SMARTS) is 1. The van der Waals surface area contributed by atoms with Crippen molar-refractivity contribution in [3.05, 3.63) is 29.3 Å². The molecule has 6 nitrogen and oxygen atoms in total. The second-order valence-electron chi connectivity index (χ2n) is 4.60. The van der Waals surface area contributed by atoms with Crippen LogP contribution in [0.25, 0.3) is 0 Å².